The molecule has 1 aromatic heterocycles. The van der Waals surface area contributed by atoms with Crippen molar-refractivity contribution in [3.8, 4) is 11.4 Å². The third kappa shape index (κ3) is 2.74. The van der Waals surface area contributed by atoms with Gasteiger partial charge in [-0.05, 0) is 31.2 Å². The second-order valence-electron chi connectivity index (χ2n) is 3.98. The number of aromatic nitrogens is 3. The molecule has 1 heterocycles. The maximum absolute atomic E-state index is 11.8. The van der Waals surface area contributed by atoms with E-state index in [1.165, 1.54) is 9.58 Å². The minimum absolute atomic E-state index is 0.204. The molecule has 6 nitrogen and oxygen atoms in total. The SMILES string of the molecule is CCN(N)c1nc(-c2ccc(Cl)cc2)n(C)c(=O)n1. The van der Waals surface area contributed by atoms with Crippen molar-refractivity contribution in [2.75, 3.05) is 11.6 Å². The van der Waals surface area contributed by atoms with Crippen LogP contribution in [-0.2, 0) is 7.05 Å². The molecule has 0 saturated heterocycles. The zero-order valence-electron chi connectivity index (χ0n) is 10.7. The first-order valence-electron chi connectivity index (χ1n) is 5.76. The van der Waals surface area contributed by atoms with Crippen LogP contribution < -0.4 is 16.5 Å². The summed E-state index contributed by atoms with van der Waals surface area (Å²) in [6.07, 6.45) is 0. The standard InChI is InChI=1S/C12H14ClN5O/c1-3-18(14)11-15-10(17(2)12(19)16-11)8-4-6-9(13)7-5-8/h4-7H,3,14H2,1-2H3. The molecule has 0 aliphatic rings. The molecule has 0 spiro atoms. The van der Waals surface area contributed by atoms with Gasteiger partial charge in [-0.3, -0.25) is 9.58 Å². The first-order chi connectivity index (χ1) is 9.02. The molecule has 0 aliphatic carbocycles. The van der Waals surface area contributed by atoms with Gasteiger partial charge in [0.25, 0.3) is 0 Å². The fourth-order valence-corrected chi connectivity index (χ4v) is 1.70. The Morgan fingerprint density at radius 3 is 2.53 bits per heavy atom. The van der Waals surface area contributed by atoms with E-state index in [0.717, 1.165) is 5.56 Å². The van der Waals surface area contributed by atoms with Crippen molar-refractivity contribution in [1.29, 1.82) is 0 Å². The Morgan fingerprint density at radius 2 is 1.95 bits per heavy atom. The average molecular weight is 280 g/mol. The van der Waals surface area contributed by atoms with Gasteiger partial charge in [-0.2, -0.15) is 9.97 Å². The van der Waals surface area contributed by atoms with Gasteiger partial charge in [0.2, 0.25) is 5.95 Å². The predicted molar refractivity (Wildman–Crippen MR) is 74.9 cm³/mol. The van der Waals surface area contributed by atoms with E-state index >= 15 is 0 Å². The lowest BCUT2D eigenvalue weighted by Crippen LogP contribution is -2.36. The van der Waals surface area contributed by atoms with E-state index in [2.05, 4.69) is 9.97 Å². The zero-order chi connectivity index (χ0) is 14.0. The third-order valence-electron chi connectivity index (χ3n) is 2.71. The second-order valence-corrected chi connectivity index (χ2v) is 4.42. The number of benzene rings is 1. The number of hydrogen-bond acceptors (Lipinski definition) is 5. The van der Waals surface area contributed by atoms with Crippen molar-refractivity contribution in [2.45, 2.75) is 6.92 Å². The first kappa shape index (κ1) is 13.5. The number of rotatable bonds is 3. The highest BCUT2D eigenvalue weighted by molar-refractivity contribution is 6.30. The van der Waals surface area contributed by atoms with Gasteiger partial charge in [0, 0.05) is 24.2 Å². The third-order valence-corrected chi connectivity index (χ3v) is 2.96. The first-order valence-corrected chi connectivity index (χ1v) is 6.14. The quantitative estimate of drug-likeness (QED) is 0.675. The second kappa shape index (κ2) is 5.38. The normalized spacial score (nSPS) is 10.5. The van der Waals surface area contributed by atoms with Crippen LogP contribution in [0.15, 0.2) is 29.1 Å². The van der Waals surface area contributed by atoms with E-state index in [4.69, 9.17) is 17.4 Å². The maximum Gasteiger partial charge on any atom is 0.352 e. The highest BCUT2D eigenvalue weighted by Crippen LogP contribution is 2.19. The number of hydrazine groups is 1. The van der Waals surface area contributed by atoms with Gasteiger partial charge in [-0.25, -0.2) is 10.6 Å². The molecule has 19 heavy (non-hydrogen) atoms. The smallest absolute Gasteiger partial charge is 0.279 e. The van der Waals surface area contributed by atoms with Crippen LogP contribution >= 0.6 is 11.6 Å². The number of hydrogen-bond donors (Lipinski definition) is 1. The van der Waals surface area contributed by atoms with E-state index in [1.807, 2.05) is 6.92 Å². The Hall–Kier alpha value is -1.92. The Kier molecular flexibility index (Phi) is 3.82. The van der Waals surface area contributed by atoms with Gasteiger partial charge >= 0.3 is 5.69 Å². The van der Waals surface area contributed by atoms with E-state index < -0.39 is 5.69 Å². The van der Waals surface area contributed by atoms with E-state index in [9.17, 15) is 4.79 Å². The van der Waals surface area contributed by atoms with E-state index in [0.29, 0.717) is 17.4 Å². The highest BCUT2D eigenvalue weighted by atomic mass is 35.5. The van der Waals surface area contributed by atoms with Gasteiger partial charge in [0.05, 0.1) is 0 Å². The summed E-state index contributed by atoms with van der Waals surface area (Å²) >= 11 is 5.84. The fourth-order valence-electron chi connectivity index (χ4n) is 1.57. The predicted octanol–water partition coefficient (Wildman–Crippen LogP) is 1.20. The summed E-state index contributed by atoms with van der Waals surface area (Å²) in [5.41, 5.74) is 0.371. The monoisotopic (exact) mass is 279 g/mol. The molecule has 0 atom stereocenters. The molecule has 0 radical (unpaired) electrons. The van der Waals surface area contributed by atoms with Crippen LogP contribution in [0.5, 0.6) is 0 Å². The number of nitrogens with two attached hydrogens (primary N) is 1. The van der Waals surface area contributed by atoms with Gasteiger partial charge in [-0.1, -0.05) is 11.6 Å². The molecule has 2 aromatic rings. The molecule has 2 N–H and O–H groups in total. The van der Waals surface area contributed by atoms with Crippen LogP contribution in [0.4, 0.5) is 5.95 Å². The minimum atomic E-state index is -0.404. The summed E-state index contributed by atoms with van der Waals surface area (Å²) in [6.45, 7) is 2.36. The molecular formula is C12H14ClN5O. The van der Waals surface area contributed by atoms with Crippen molar-refractivity contribution in [3.63, 3.8) is 0 Å². The van der Waals surface area contributed by atoms with Gasteiger partial charge in [0.15, 0.2) is 0 Å². The van der Waals surface area contributed by atoms with Gasteiger partial charge < -0.3 is 0 Å². The van der Waals surface area contributed by atoms with Crippen molar-refractivity contribution >= 4 is 17.5 Å². The lowest BCUT2D eigenvalue weighted by molar-refractivity contribution is 0.747. The molecule has 0 saturated carbocycles. The number of anilines is 1. The summed E-state index contributed by atoms with van der Waals surface area (Å²) in [5, 5.41) is 1.94. The highest BCUT2D eigenvalue weighted by Gasteiger charge is 2.11. The summed E-state index contributed by atoms with van der Waals surface area (Å²) < 4.78 is 1.37. The van der Waals surface area contributed by atoms with E-state index in [-0.39, 0.29) is 5.95 Å². The summed E-state index contributed by atoms with van der Waals surface area (Å²) in [7, 11) is 1.61. The molecule has 1 aromatic carbocycles. The van der Waals surface area contributed by atoms with Crippen LogP contribution in [0.1, 0.15) is 6.92 Å². The lowest BCUT2D eigenvalue weighted by atomic mass is 10.2. The van der Waals surface area contributed by atoms with E-state index in [1.54, 1.807) is 31.3 Å². The van der Waals surface area contributed by atoms with Gasteiger partial charge in [-0.15, -0.1) is 0 Å². The Bertz CT molecular complexity index is 638. The van der Waals surface area contributed by atoms with Crippen molar-refractivity contribution in [1.82, 2.24) is 14.5 Å². The van der Waals surface area contributed by atoms with Crippen LogP contribution in [0.25, 0.3) is 11.4 Å². The molecule has 2 rings (SSSR count). The zero-order valence-corrected chi connectivity index (χ0v) is 11.4. The largest absolute Gasteiger partial charge is 0.352 e. The van der Waals surface area contributed by atoms with Gasteiger partial charge in [0.1, 0.15) is 5.82 Å². The van der Waals surface area contributed by atoms with Crippen LogP contribution in [0.2, 0.25) is 5.02 Å². The molecule has 0 unspecified atom stereocenters. The molecule has 0 fully saturated rings. The van der Waals surface area contributed by atoms with Crippen molar-refractivity contribution in [3.05, 3.63) is 39.8 Å². The van der Waals surface area contributed by atoms with Crippen molar-refractivity contribution in [2.24, 2.45) is 12.9 Å². The topological polar surface area (TPSA) is 77.0 Å². The van der Waals surface area contributed by atoms with Crippen LogP contribution in [-0.4, -0.2) is 21.1 Å². The minimum Gasteiger partial charge on any atom is -0.279 e. The molecule has 0 aliphatic heterocycles. The number of halogens is 1. The molecular weight excluding hydrogens is 266 g/mol. The molecule has 7 heteroatoms. The lowest BCUT2D eigenvalue weighted by Gasteiger charge is -2.15. The summed E-state index contributed by atoms with van der Waals surface area (Å²) in [5.74, 6) is 6.42. The Balaban J connectivity index is 2.59. The Labute approximate surface area is 115 Å². The maximum atomic E-state index is 11.8. The van der Waals surface area contributed by atoms with Crippen molar-refractivity contribution < 1.29 is 0 Å². The fraction of sp³-hybridized carbons (Fsp3) is 0.250. The molecule has 0 bridgehead atoms. The summed E-state index contributed by atoms with van der Waals surface area (Å²) in [4.78, 5) is 20.0. The molecule has 100 valence electrons. The Morgan fingerprint density at radius 1 is 1.32 bits per heavy atom. The summed E-state index contributed by atoms with van der Waals surface area (Å²) in [6, 6.07) is 7.06. The average Bonchev–Trinajstić information content (AvgIpc) is 2.42. The number of nitrogens with zero attached hydrogens (tertiary/aromatic N) is 4. The molecule has 0 amide bonds. The van der Waals surface area contributed by atoms with Crippen LogP contribution in [0.3, 0.4) is 0 Å². The van der Waals surface area contributed by atoms with Crippen LogP contribution in [0, 0.1) is 0 Å².